The molecular formula is C29H21FN6O3. The zero-order valence-electron chi connectivity index (χ0n) is 20.6. The van der Waals surface area contributed by atoms with Gasteiger partial charge in [0.2, 0.25) is 5.95 Å². The first-order valence-electron chi connectivity index (χ1n) is 12.3. The molecule has 0 bridgehead atoms. The van der Waals surface area contributed by atoms with Crippen LogP contribution in [-0.2, 0) is 13.0 Å². The van der Waals surface area contributed by atoms with Gasteiger partial charge in [-0.3, -0.25) is 9.55 Å². The van der Waals surface area contributed by atoms with Crippen molar-refractivity contribution >= 4 is 22.4 Å². The lowest BCUT2D eigenvalue weighted by atomic mass is 10.1. The fraction of sp³-hybridized carbons (Fsp3) is 0.138. The number of aryl methyl sites for hydroxylation is 1. The molecule has 0 aliphatic carbocycles. The van der Waals surface area contributed by atoms with Crippen LogP contribution in [0.3, 0.4) is 0 Å². The fourth-order valence-corrected chi connectivity index (χ4v) is 4.72. The topological polar surface area (TPSA) is 115 Å². The van der Waals surface area contributed by atoms with Crippen LogP contribution < -0.4 is 21.4 Å². The predicted octanol–water partition coefficient (Wildman–Crippen LogP) is 4.07. The first kappa shape index (κ1) is 24.1. The molecule has 1 aliphatic rings. The third-order valence-electron chi connectivity index (χ3n) is 6.62. The van der Waals surface area contributed by atoms with Gasteiger partial charge in [-0.25, -0.2) is 18.5 Å². The van der Waals surface area contributed by atoms with Crippen LogP contribution in [0.15, 0.2) is 82.6 Å². The molecule has 0 radical (unpaired) electrons. The van der Waals surface area contributed by atoms with Gasteiger partial charge in [0.15, 0.2) is 0 Å². The molecule has 39 heavy (non-hydrogen) atoms. The Bertz CT molecular complexity index is 1900. The highest BCUT2D eigenvalue weighted by molar-refractivity contribution is 5.89. The average molecular weight is 521 g/mol. The van der Waals surface area contributed by atoms with Crippen LogP contribution >= 0.6 is 0 Å². The number of ether oxygens (including phenoxy) is 1. The van der Waals surface area contributed by atoms with Crippen LogP contribution in [0.1, 0.15) is 23.1 Å². The van der Waals surface area contributed by atoms with Gasteiger partial charge in [0, 0.05) is 22.7 Å². The number of nitriles is 1. The van der Waals surface area contributed by atoms with Gasteiger partial charge in [0.1, 0.15) is 17.6 Å². The van der Waals surface area contributed by atoms with E-state index in [2.05, 4.69) is 15.3 Å². The first-order chi connectivity index (χ1) is 19.0. The second-order valence-electron chi connectivity index (χ2n) is 9.13. The highest BCUT2D eigenvalue weighted by Crippen LogP contribution is 2.28. The molecular weight excluding hydrogens is 499 g/mol. The molecule has 1 aliphatic heterocycles. The van der Waals surface area contributed by atoms with Crippen molar-refractivity contribution in [2.75, 3.05) is 11.9 Å². The molecule has 0 spiro atoms. The SMILES string of the molecule is N#Cc1cc(Cn2c(Nc3ccc4c(c3)CCCO4)nc(=O)n(-c3cncc4ccccc34)c2=O)ccc1F. The van der Waals surface area contributed by atoms with Crippen molar-refractivity contribution in [2.24, 2.45) is 0 Å². The summed E-state index contributed by atoms with van der Waals surface area (Å²) in [5.41, 5.74) is 0.811. The molecule has 0 saturated carbocycles. The fourth-order valence-electron chi connectivity index (χ4n) is 4.72. The lowest BCUT2D eigenvalue weighted by Crippen LogP contribution is -2.42. The Morgan fingerprint density at radius 1 is 1.08 bits per heavy atom. The van der Waals surface area contributed by atoms with Crippen molar-refractivity contribution in [3.63, 3.8) is 0 Å². The maximum absolute atomic E-state index is 14.0. The van der Waals surface area contributed by atoms with Crippen molar-refractivity contribution in [2.45, 2.75) is 19.4 Å². The summed E-state index contributed by atoms with van der Waals surface area (Å²) in [6.07, 6.45) is 4.82. The third-order valence-corrected chi connectivity index (χ3v) is 6.62. The summed E-state index contributed by atoms with van der Waals surface area (Å²) in [5.74, 6) is 0.147. The summed E-state index contributed by atoms with van der Waals surface area (Å²) in [6.45, 7) is 0.583. The Balaban J connectivity index is 1.52. The maximum atomic E-state index is 14.0. The number of halogens is 1. The molecule has 192 valence electrons. The summed E-state index contributed by atoms with van der Waals surface area (Å²) >= 11 is 0. The van der Waals surface area contributed by atoms with Crippen LogP contribution in [0.5, 0.6) is 5.75 Å². The Hall–Kier alpha value is -5.30. The number of pyridine rings is 1. The van der Waals surface area contributed by atoms with Crippen LogP contribution in [0, 0.1) is 17.1 Å². The highest BCUT2D eigenvalue weighted by Gasteiger charge is 2.19. The summed E-state index contributed by atoms with van der Waals surface area (Å²) in [6, 6.07) is 18.6. The summed E-state index contributed by atoms with van der Waals surface area (Å²) in [5, 5.41) is 13.8. The van der Waals surface area contributed by atoms with Crippen LogP contribution in [0.25, 0.3) is 16.5 Å². The van der Waals surface area contributed by atoms with E-state index in [1.807, 2.05) is 30.3 Å². The Kier molecular flexibility index (Phi) is 6.09. The monoisotopic (exact) mass is 520 g/mol. The lowest BCUT2D eigenvalue weighted by Gasteiger charge is -2.19. The van der Waals surface area contributed by atoms with Gasteiger partial charge in [-0.1, -0.05) is 30.3 Å². The molecule has 2 aromatic heterocycles. The molecule has 0 saturated heterocycles. The number of fused-ring (bicyclic) bond motifs is 2. The maximum Gasteiger partial charge on any atom is 0.359 e. The molecule has 3 heterocycles. The molecule has 1 N–H and O–H groups in total. The van der Waals surface area contributed by atoms with Gasteiger partial charge in [0.05, 0.1) is 30.6 Å². The van der Waals surface area contributed by atoms with Gasteiger partial charge in [0.25, 0.3) is 0 Å². The smallest absolute Gasteiger partial charge is 0.359 e. The molecule has 0 amide bonds. The third kappa shape index (κ3) is 4.51. The van der Waals surface area contributed by atoms with Crippen molar-refractivity contribution in [3.8, 4) is 17.5 Å². The van der Waals surface area contributed by atoms with Crippen LogP contribution in [-0.4, -0.2) is 25.7 Å². The summed E-state index contributed by atoms with van der Waals surface area (Å²) in [7, 11) is 0. The lowest BCUT2D eigenvalue weighted by molar-refractivity contribution is 0.288. The number of aromatic nitrogens is 4. The van der Waals surface area contributed by atoms with E-state index in [-0.39, 0.29) is 18.1 Å². The minimum Gasteiger partial charge on any atom is -0.493 e. The van der Waals surface area contributed by atoms with Crippen LogP contribution in [0.2, 0.25) is 0 Å². The summed E-state index contributed by atoms with van der Waals surface area (Å²) < 4.78 is 21.9. The molecule has 5 aromatic rings. The number of benzene rings is 3. The van der Waals surface area contributed by atoms with Crippen molar-refractivity contribution in [1.82, 2.24) is 19.1 Å². The minimum absolute atomic E-state index is 0.00829. The second-order valence-corrected chi connectivity index (χ2v) is 9.13. The van der Waals surface area contributed by atoms with E-state index >= 15 is 0 Å². The first-order valence-corrected chi connectivity index (χ1v) is 12.3. The van der Waals surface area contributed by atoms with Gasteiger partial charge in [-0.2, -0.15) is 10.2 Å². The summed E-state index contributed by atoms with van der Waals surface area (Å²) in [4.78, 5) is 35.7. The molecule has 0 atom stereocenters. The number of hydrogen-bond acceptors (Lipinski definition) is 7. The number of nitrogens with one attached hydrogen (secondary N) is 1. The standard InChI is InChI=1S/C29H21FN6O3/c30-24-9-7-18(12-21(24)14-31)17-35-27(33-22-8-10-26-19(13-22)5-3-11-39-26)34-28(37)36(29(35)38)25-16-32-15-20-4-1-2-6-23(20)25/h1-2,4,6-10,12-13,15-16H,3,5,11,17H2,(H,33,34,37). The van der Waals surface area contributed by atoms with Gasteiger partial charge >= 0.3 is 11.4 Å². The van der Waals surface area contributed by atoms with E-state index in [0.29, 0.717) is 28.9 Å². The molecule has 10 heteroatoms. The van der Waals surface area contributed by atoms with Gasteiger partial charge in [-0.05, 0) is 54.3 Å². The van der Waals surface area contributed by atoms with E-state index in [4.69, 9.17) is 4.74 Å². The van der Waals surface area contributed by atoms with Crippen molar-refractivity contribution < 1.29 is 9.13 Å². The molecule has 0 unspecified atom stereocenters. The van der Waals surface area contributed by atoms with Crippen LogP contribution in [0.4, 0.5) is 16.0 Å². The normalized spacial score (nSPS) is 12.4. The van der Waals surface area contributed by atoms with E-state index in [1.165, 1.54) is 29.0 Å². The van der Waals surface area contributed by atoms with E-state index in [9.17, 15) is 19.2 Å². The van der Waals surface area contributed by atoms with Crippen molar-refractivity contribution in [3.05, 3.63) is 117 Å². The quantitative estimate of drug-likeness (QED) is 0.372. The minimum atomic E-state index is -0.782. The molecule has 0 fully saturated rings. The number of anilines is 2. The Morgan fingerprint density at radius 3 is 2.82 bits per heavy atom. The highest BCUT2D eigenvalue weighted by atomic mass is 19.1. The van der Waals surface area contributed by atoms with Gasteiger partial charge in [-0.15, -0.1) is 0 Å². The zero-order chi connectivity index (χ0) is 26.9. The number of hydrogen-bond donors (Lipinski definition) is 1. The number of nitrogens with zero attached hydrogens (tertiary/aromatic N) is 5. The molecule has 9 nitrogen and oxygen atoms in total. The average Bonchev–Trinajstić information content (AvgIpc) is 2.96. The van der Waals surface area contributed by atoms with E-state index in [1.54, 1.807) is 24.4 Å². The van der Waals surface area contributed by atoms with Gasteiger partial charge < -0.3 is 10.1 Å². The molecule has 3 aromatic carbocycles. The number of rotatable bonds is 5. The largest absolute Gasteiger partial charge is 0.493 e. The molecule has 6 rings (SSSR count). The Labute approximate surface area is 221 Å². The van der Waals surface area contributed by atoms with Crippen molar-refractivity contribution in [1.29, 1.82) is 5.26 Å². The Morgan fingerprint density at radius 2 is 1.95 bits per heavy atom. The van der Waals surface area contributed by atoms with E-state index in [0.717, 1.165) is 34.1 Å². The second kappa shape index (κ2) is 9.87. The zero-order valence-corrected chi connectivity index (χ0v) is 20.6. The van der Waals surface area contributed by atoms with E-state index < -0.39 is 17.2 Å². The predicted molar refractivity (Wildman–Crippen MR) is 143 cm³/mol.